The minimum atomic E-state index is 0.0217. The van der Waals surface area contributed by atoms with Crippen molar-refractivity contribution in [3.63, 3.8) is 0 Å². The molecule has 0 saturated carbocycles. The lowest BCUT2D eigenvalue weighted by Crippen LogP contribution is -2.53. The molecular formula is C23H26N4OS. The number of piperazine rings is 1. The number of para-hydroxylation sites is 1. The van der Waals surface area contributed by atoms with E-state index >= 15 is 0 Å². The van der Waals surface area contributed by atoms with Crippen LogP contribution in [-0.4, -0.2) is 54.6 Å². The third-order valence-corrected chi connectivity index (χ3v) is 6.27. The van der Waals surface area contributed by atoms with Gasteiger partial charge in [-0.25, -0.2) is 4.98 Å². The molecule has 29 heavy (non-hydrogen) atoms. The van der Waals surface area contributed by atoms with E-state index in [-0.39, 0.29) is 11.9 Å². The highest BCUT2D eigenvalue weighted by Crippen LogP contribution is 2.21. The summed E-state index contributed by atoms with van der Waals surface area (Å²) in [7, 11) is 0. The Labute approximate surface area is 176 Å². The van der Waals surface area contributed by atoms with E-state index in [1.165, 1.54) is 17.0 Å². The van der Waals surface area contributed by atoms with Crippen LogP contribution in [0.3, 0.4) is 0 Å². The largest absolute Gasteiger partial charge is 0.369 e. The van der Waals surface area contributed by atoms with Crippen molar-refractivity contribution in [2.75, 3.05) is 42.5 Å². The summed E-state index contributed by atoms with van der Waals surface area (Å²) in [5.74, 6) is 0.731. The summed E-state index contributed by atoms with van der Waals surface area (Å²) in [4.78, 5) is 25.0. The first-order chi connectivity index (χ1) is 14.2. The van der Waals surface area contributed by atoms with Crippen molar-refractivity contribution in [3.05, 3.63) is 77.1 Å². The van der Waals surface area contributed by atoms with E-state index < -0.39 is 0 Å². The molecule has 1 fully saturated rings. The summed E-state index contributed by atoms with van der Waals surface area (Å²) in [6, 6.07) is 20.3. The summed E-state index contributed by atoms with van der Waals surface area (Å²) >= 11 is 1.48. The first kappa shape index (κ1) is 19.6. The minimum absolute atomic E-state index is 0.0217. The molecule has 0 aliphatic carbocycles. The van der Waals surface area contributed by atoms with E-state index in [4.69, 9.17) is 0 Å². The highest BCUT2D eigenvalue weighted by molar-refractivity contribution is 7.12. The van der Waals surface area contributed by atoms with Crippen molar-refractivity contribution in [3.8, 4) is 0 Å². The molecule has 1 aliphatic heterocycles. The van der Waals surface area contributed by atoms with Crippen LogP contribution in [0.4, 0.5) is 11.5 Å². The van der Waals surface area contributed by atoms with Crippen molar-refractivity contribution < 1.29 is 4.79 Å². The number of pyridine rings is 1. The van der Waals surface area contributed by atoms with Crippen LogP contribution < -0.4 is 9.80 Å². The highest BCUT2D eigenvalue weighted by Gasteiger charge is 2.26. The molecule has 1 atom stereocenters. The second-order valence-electron chi connectivity index (χ2n) is 7.29. The molecule has 1 unspecified atom stereocenters. The maximum atomic E-state index is 13.1. The maximum Gasteiger partial charge on any atom is 0.269 e. The Hall–Kier alpha value is -2.70. The van der Waals surface area contributed by atoms with Gasteiger partial charge in [0.15, 0.2) is 0 Å². The zero-order chi connectivity index (χ0) is 20.1. The lowest BCUT2D eigenvalue weighted by Gasteiger charge is -2.40. The fourth-order valence-electron chi connectivity index (χ4n) is 3.77. The van der Waals surface area contributed by atoms with Gasteiger partial charge in [-0.3, -0.25) is 14.6 Å². The van der Waals surface area contributed by atoms with Gasteiger partial charge in [-0.15, -0.1) is 11.3 Å². The first-order valence-corrected chi connectivity index (χ1v) is 10.9. The fraction of sp³-hybridized carbons (Fsp3) is 0.304. The number of carbonyl (C=O) groups is 1. The van der Waals surface area contributed by atoms with Gasteiger partial charge in [0, 0.05) is 50.6 Å². The van der Waals surface area contributed by atoms with Crippen LogP contribution in [0.2, 0.25) is 0 Å². The standard InChI is InChI=1S/C23H26N4OS/c1-19(25-13-15-26(16-14-25)20-8-3-2-4-9-20)18-27(22-11-5-6-12-24-22)23(28)21-10-7-17-29-21/h2-12,17,19H,13-16,18H2,1H3. The van der Waals surface area contributed by atoms with E-state index in [2.05, 4.69) is 52.0 Å². The second-order valence-corrected chi connectivity index (χ2v) is 8.24. The van der Waals surface area contributed by atoms with Crippen LogP contribution in [0, 0.1) is 0 Å². The minimum Gasteiger partial charge on any atom is -0.369 e. The Bertz CT molecular complexity index is 893. The van der Waals surface area contributed by atoms with Gasteiger partial charge in [0.05, 0.1) is 4.88 Å². The Morgan fingerprint density at radius 2 is 1.79 bits per heavy atom. The molecule has 3 heterocycles. The molecule has 2 aromatic heterocycles. The zero-order valence-electron chi connectivity index (χ0n) is 16.6. The number of nitrogens with zero attached hydrogens (tertiary/aromatic N) is 4. The van der Waals surface area contributed by atoms with Crippen molar-refractivity contribution in [1.82, 2.24) is 9.88 Å². The van der Waals surface area contributed by atoms with Crippen molar-refractivity contribution in [1.29, 1.82) is 0 Å². The van der Waals surface area contributed by atoms with Crippen LogP contribution in [-0.2, 0) is 0 Å². The van der Waals surface area contributed by atoms with E-state index in [0.29, 0.717) is 12.4 Å². The number of benzene rings is 1. The summed E-state index contributed by atoms with van der Waals surface area (Å²) in [5, 5.41) is 1.94. The number of hydrogen-bond acceptors (Lipinski definition) is 5. The van der Waals surface area contributed by atoms with E-state index in [1.807, 2.05) is 40.6 Å². The molecule has 0 N–H and O–H groups in total. The lowest BCUT2D eigenvalue weighted by molar-refractivity contribution is 0.0977. The highest BCUT2D eigenvalue weighted by atomic mass is 32.1. The zero-order valence-corrected chi connectivity index (χ0v) is 17.5. The number of hydrogen-bond donors (Lipinski definition) is 0. The molecule has 1 aliphatic rings. The number of aromatic nitrogens is 1. The maximum absolute atomic E-state index is 13.1. The molecule has 1 aromatic carbocycles. The van der Waals surface area contributed by atoms with Crippen molar-refractivity contribution in [2.24, 2.45) is 0 Å². The molecular weight excluding hydrogens is 380 g/mol. The van der Waals surface area contributed by atoms with Gasteiger partial charge in [0.2, 0.25) is 0 Å². The average molecular weight is 407 g/mol. The smallest absolute Gasteiger partial charge is 0.269 e. The third-order valence-electron chi connectivity index (χ3n) is 5.41. The SMILES string of the molecule is CC(CN(C(=O)c1cccs1)c1ccccn1)N1CCN(c2ccccc2)CC1. The molecule has 0 bridgehead atoms. The van der Waals surface area contributed by atoms with Crippen LogP contribution in [0.25, 0.3) is 0 Å². The molecule has 1 saturated heterocycles. The predicted molar refractivity (Wildman–Crippen MR) is 120 cm³/mol. The number of anilines is 2. The molecule has 0 radical (unpaired) electrons. The molecule has 1 amide bonds. The van der Waals surface area contributed by atoms with Gasteiger partial charge >= 0.3 is 0 Å². The summed E-state index contributed by atoms with van der Waals surface area (Å²) in [5.41, 5.74) is 1.28. The second kappa shape index (κ2) is 9.20. The predicted octanol–water partition coefficient (Wildman–Crippen LogP) is 4.00. The number of rotatable bonds is 6. The molecule has 0 spiro atoms. The van der Waals surface area contributed by atoms with Gasteiger partial charge in [-0.05, 0) is 42.6 Å². The van der Waals surface area contributed by atoms with Crippen LogP contribution in [0.1, 0.15) is 16.6 Å². The average Bonchev–Trinajstić information content (AvgIpc) is 3.33. The summed E-state index contributed by atoms with van der Waals surface area (Å²) in [6.45, 7) is 6.79. The Morgan fingerprint density at radius 3 is 2.45 bits per heavy atom. The van der Waals surface area contributed by atoms with Crippen LogP contribution >= 0.6 is 11.3 Å². The third kappa shape index (κ3) is 4.66. The molecule has 4 rings (SSSR count). The van der Waals surface area contributed by atoms with Crippen molar-refractivity contribution in [2.45, 2.75) is 13.0 Å². The van der Waals surface area contributed by atoms with E-state index in [1.54, 1.807) is 6.20 Å². The van der Waals surface area contributed by atoms with Crippen LogP contribution in [0.5, 0.6) is 0 Å². The lowest BCUT2D eigenvalue weighted by atomic mass is 10.2. The fourth-order valence-corrected chi connectivity index (χ4v) is 4.44. The first-order valence-electron chi connectivity index (χ1n) is 10.0. The monoisotopic (exact) mass is 406 g/mol. The Kier molecular flexibility index (Phi) is 6.22. The topological polar surface area (TPSA) is 39.7 Å². The van der Waals surface area contributed by atoms with Gasteiger partial charge in [0.25, 0.3) is 5.91 Å². The van der Waals surface area contributed by atoms with Gasteiger partial charge in [-0.2, -0.15) is 0 Å². The van der Waals surface area contributed by atoms with E-state index in [0.717, 1.165) is 31.1 Å². The van der Waals surface area contributed by atoms with Gasteiger partial charge < -0.3 is 4.90 Å². The molecule has 5 nitrogen and oxygen atoms in total. The normalized spacial score (nSPS) is 15.8. The van der Waals surface area contributed by atoms with E-state index in [9.17, 15) is 4.79 Å². The molecule has 6 heteroatoms. The molecule has 3 aromatic rings. The summed E-state index contributed by atoms with van der Waals surface area (Å²) in [6.07, 6.45) is 1.74. The number of carbonyl (C=O) groups excluding carboxylic acids is 1. The summed E-state index contributed by atoms with van der Waals surface area (Å²) < 4.78 is 0. The number of thiophene rings is 1. The Balaban J connectivity index is 1.43. The Morgan fingerprint density at radius 1 is 1.03 bits per heavy atom. The van der Waals surface area contributed by atoms with Crippen LogP contribution in [0.15, 0.2) is 72.2 Å². The van der Waals surface area contributed by atoms with Crippen molar-refractivity contribution >= 4 is 28.7 Å². The molecule has 150 valence electrons. The quantitative estimate of drug-likeness (QED) is 0.620. The van der Waals surface area contributed by atoms with Gasteiger partial charge in [0.1, 0.15) is 5.82 Å². The van der Waals surface area contributed by atoms with Gasteiger partial charge in [-0.1, -0.05) is 30.3 Å². The number of amides is 1.